The minimum atomic E-state index is -0.444. The van der Waals surface area contributed by atoms with Crippen LogP contribution < -0.4 is 10.2 Å². The maximum Gasteiger partial charge on any atom is 0.199 e. The number of benzene rings is 2. The second-order valence-electron chi connectivity index (χ2n) is 5.67. The standard InChI is InChI=1S/C19H16O6/c1-10-16(21)14(8-20)19-15(17(10)22)18(23)12(9-25-19)7-11-3-5-13(24-2)6-4-11/h3-6,8-9,21-22H,7H2,1-2H3. The molecule has 1 aromatic heterocycles. The number of carbonyl (C=O) groups is 1. The molecule has 0 atom stereocenters. The first-order valence-electron chi connectivity index (χ1n) is 7.55. The molecule has 0 aliphatic carbocycles. The molecule has 2 N–H and O–H groups in total. The highest BCUT2D eigenvalue weighted by Crippen LogP contribution is 2.36. The molecule has 1 heterocycles. The first-order chi connectivity index (χ1) is 12.0. The number of ether oxygens (including phenoxy) is 1. The summed E-state index contributed by atoms with van der Waals surface area (Å²) in [6.45, 7) is 1.42. The number of fused-ring (bicyclic) bond motifs is 1. The van der Waals surface area contributed by atoms with E-state index < -0.39 is 11.2 Å². The lowest BCUT2D eigenvalue weighted by Crippen LogP contribution is -2.11. The molecule has 0 aliphatic rings. The van der Waals surface area contributed by atoms with Crippen LogP contribution in [0, 0.1) is 6.92 Å². The van der Waals surface area contributed by atoms with E-state index in [9.17, 15) is 19.8 Å². The summed E-state index contributed by atoms with van der Waals surface area (Å²) in [5.41, 5.74) is 0.523. The van der Waals surface area contributed by atoms with E-state index in [1.807, 2.05) is 12.1 Å². The number of rotatable bonds is 4. The maximum atomic E-state index is 12.8. The minimum Gasteiger partial charge on any atom is -0.507 e. The summed E-state index contributed by atoms with van der Waals surface area (Å²) in [6, 6.07) is 7.20. The largest absolute Gasteiger partial charge is 0.507 e. The third-order valence-electron chi connectivity index (χ3n) is 4.18. The van der Waals surface area contributed by atoms with Crippen LogP contribution >= 0.6 is 0 Å². The average molecular weight is 340 g/mol. The monoisotopic (exact) mass is 340 g/mol. The fourth-order valence-corrected chi connectivity index (χ4v) is 2.72. The number of phenolic OH excluding ortho intramolecular Hbond substituents is 2. The zero-order valence-corrected chi connectivity index (χ0v) is 13.7. The van der Waals surface area contributed by atoms with Crippen LogP contribution in [-0.4, -0.2) is 23.6 Å². The van der Waals surface area contributed by atoms with Crippen LogP contribution in [0.1, 0.15) is 27.0 Å². The lowest BCUT2D eigenvalue weighted by Gasteiger charge is -2.10. The molecule has 0 fully saturated rings. The van der Waals surface area contributed by atoms with E-state index in [-0.39, 0.29) is 34.3 Å². The van der Waals surface area contributed by atoms with Gasteiger partial charge in [-0.05, 0) is 24.6 Å². The summed E-state index contributed by atoms with van der Waals surface area (Å²) < 4.78 is 10.5. The van der Waals surface area contributed by atoms with Crippen LogP contribution in [0.3, 0.4) is 0 Å². The van der Waals surface area contributed by atoms with Gasteiger partial charge in [-0.3, -0.25) is 9.59 Å². The smallest absolute Gasteiger partial charge is 0.199 e. The summed E-state index contributed by atoms with van der Waals surface area (Å²) in [5, 5.41) is 20.1. The van der Waals surface area contributed by atoms with Crippen molar-refractivity contribution in [1.82, 2.24) is 0 Å². The molecule has 2 aromatic carbocycles. The van der Waals surface area contributed by atoms with Gasteiger partial charge in [-0.25, -0.2) is 0 Å². The Morgan fingerprint density at radius 2 is 1.84 bits per heavy atom. The second-order valence-corrected chi connectivity index (χ2v) is 5.67. The van der Waals surface area contributed by atoms with E-state index in [4.69, 9.17) is 9.15 Å². The van der Waals surface area contributed by atoms with Crippen molar-refractivity contribution >= 4 is 17.3 Å². The number of carbonyl (C=O) groups excluding carboxylic acids is 1. The lowest BCUT2D eigenvalue weighted by molar-refractivity contribution is 0.112. The Balaban J connectivity index is 2.16. The Kier molecular flexibility index (Phi) is 4.19. The van der Waals surface area contributed by atoms with E-state index in [1.54, 1.807) is 19.2 Å². The average Bonchev–Trinajstić information content (AvgIpc) is 2.63. The SMILES string of the molecule is COc1ccc(Cc2coc3c(C=O)c(O)c(C)c(O)c3c2=O)cc1. The number of aldehydes is 1. The van der Waals surface area contributed by atoms with Gasteiger partial charge in [-0.15, -0.1) is 0 Å². The molecule has 0 bridgehead atoms. The predicted octanol–water partition coefficient (Wildman–Crippen LogP) is 2.92. The molecule has 0 radical (unpaired) electrons. The quantitative estimate of drug-likeness (QED) is 0.709. The van der Waals surface area contributed by atoms with Crippen LogP contribution in [0.15, 0.2) is 39.7 Å². The van der Waals surface area contributed by atoms with Gasteiger partial charge in [0.1, 0.15) is 28.2 Å². The Bertz CT molecular complexity index is 1010. The highest BCUT2D eigenvalue weighted by molar-refractivity contribution is 6.01. The van der Waals surface area contributed by atoms with Crippen molar-refractivity contribution in [3.8, 4) is 17.2 Å². The number of phenols is 2. The summed E-state index contributed by atoms with van der Waals surface area (Å²) in [4.78, 5) is 24.0. The molecular formula is C19H16O6. The van der Waals surface area contributed by atoms with Gasteiger partial charge in [0.25, 0.3) is 0 Å². The van der Waals surface area contributed by atoms with Crippen LogP contribution in [0.4, 0.5) is 0 Å². The van der Waals surface area contributed by atoms with Gasteiger partial charge in [-0.1, -0.05) is 12.1 Å². The molecule has 0 saturated heterocycles. The fourth-order valence-electron chi connectivity index (χ4n) is 2.72. The Morgan fingerprint density at radius 1 is 1.16 bits per heavy atom. The molecule has 0 spiro atoms. The minimum absolute atomic E-state index is 0.0588. The summed E-state index contributed by atoms with van der Waals surface area (Å²) in [7, 11) is 1.57. The van der Waals surface area contributed by atoms with Gasteiger partial charge in [-0.2, -0.15) is 0 Å². The molecule has 6 nitrogen and oxygen atoms in total. The fraction of sp³-hybridized carbons (Fsp3) is 0.158. The number of methoxy groups -OCH3 is 1. The zero-order chi connectivity index (χ0) is 18.1. The van der Waals surface area contributed by atoms with Gasteiger partial charge < -0.3 is 19.4 Å². The van der Waals surface area contributed by atoms with Gasteiger partial charge in [0.15, 0.2) is 17.3 Å². The molecule has 3 rings (SSSR count). The number of hydrogen-bond acceptors (Lipinski definition) is 6. The van der Waals surface area contributed by atoms with Crippen molar-refractivity contribution in [2.75, 3.05) is 7.11 Å². The van der Waals surface area contributed by atoms with Crippen molar-refractivity contribution in [3.63, 3.8) is 0 Å². The Hall–Kier alpha value is -3.28. The third kappa shape index (κ3) is 2.71. The van der Waals surface area contributed by atoms with Crippen molar-refractivity contribution in [2.24, 2.45) is 0 Å². The molecule has 128 valence electrons. The molecule has 25 heavy (non-hydrogen) atoms. The number of hydrogen-bond donors (Lipinski definition) is 2. The molecule has 3 aromatic rings. The number of aromatic hydroxyl groups is 2. The molecule has 0 amide bonds. The lowest BCUT2D eigenvalue weighted by atomic mass is 10.0. The molecular weight excluding hydrogens is 324 g/mol. The van der Waals surface area contributed by atoms with Gasteiger partial charge in [0.05, 0.1) is 13.4 Å². The third-order valence-corrected chi connectivity index (χ3v) is 4.18. The normalized spacial score (nSPS) is 10.8. The van der Waals surface area contributed by atoms with Crippen molar-refractivity contribution in [2.45, 2.75) is 13.3 Å². The van der Waals surface area contributed by atoms with Crippen LogP contribution in [0.25, 0.3) is 11.0 Å². The van der Waals surface area contributed by atoms with E-state index >= 15 is 0 Å². The molecule has 0 saturated carbocycles. The first kappa shape index (κ1) is 16.6. The van der Waals surface area contributed by atoms with E-state index in [2.05, 4.69) is 0 Å². The van der Waals surface area contributed by atoms with Gasteiger partial charge >= 0.3 is 0 Å². The molecule has 0 unspecified atom stereocenters. The van der Waals surface area contributed by atoms with Crippen molar-refractivity contribution in [1.29, 1.82) is 0 Å². The highest BCUT2D eigenvalue weighted by atomic mass is 16.5. The Morgan fingerprint density at radius 3 is 2.44 bits per heavy atom. The van der Waals surface area contributed by atoms with Crippen molar-refractivity contribution < 1.29 is 24.2 Å². The van der Waals surface area contributed by atoms with Crippen LogP contribution in [0.5, 0.6) is 17.2 Å². The van der Waals surface area contributed by atoms with Crippen LogP contribution in [-0.2, 0) is 6.42 Å². The van der Waals surface area contributed by atoms with Gasteiger partial charge in [0.2, 0.25) is 0 Å². The van der Waals surface area contributed by atoms with Gasteiger partial charge in [0, 0.05) is 17.5 Å². The molecule has 6 heteroatoms. The van der Waals surface area contributed by atoms with Crippen LogP contribution in [0.2, 0.25) is 0 Å². The van der Waals surface area contributed by atoms with E-state index in [0.29, 0.717) is 17.6 Å². The second kappa shape index (κ2) is 6.32. The van der Waals surface area contributed by atoms with E-state index in [0.717, 1.165) is 5.56 Å². The highest BCUT2D eigenvalue weighted by Gasteiger charge is 2.21. The van der Waals surface area contributed by atoms with Crippen molar-refractivity contribution in [3.05, 3.63) is 63.0 Å². The Labute approximate surface area is 142 Å². The summed E-state index contributed by atoms with van der Waals surface area (Å²) in [5.74, 6) is -0.0804. The summed E-state index contributed by atoms with van der Waals surface area (Å²) in [6.07, 6.45) is 1.93. The summed E-state index contributed by atoms with van der Waals surface area (Å²) >= 11 is 0. The first-order valence-corrected chi connectivity index (χ1v) is 7.55. The zero-order valence-electron chi connectivity index (χ0n) is 13.7. The topological polar surface area (TPSA) is 97.0 Å². The molecule has 0 aliphatic heterocycles. The predicted molar refractivity (Wildman–Crippen MR) is 91.7 cm³/mol. The van der Waals surface area contributed by atoms with E-state index in [1.165, 1.54) is 13.2 Å². The maximum absolute atomic E-state index is 12.8.